The average molecular weight is 816 g/mol. The fourth-order valence-electron chi connectivity index (χ4n) is 8.60. The minimum Gasteiger partial charge on any atom is -0.457 e. The van der Waals surface area contributed by atoms with E-state index in [1.54, 1.807) is 6.20 Å². The number of benzene rings is 7. The first-order chi connectivity index (χ1) is 32.8. The molecule has 10 rings (SSSR count). The number of para-hydroxylation sites is 3. The zero-order chi connectivity index (χ0) is 48.7. The summed E-state index contributed by atoms with van der Waals surface area (Å²) in [5, 5.41) is 1.07. The quantitative estimate of drug-likeness (QED) is 0.160. The van der Waals surface area contributed by atoms with Gasteiger partial charge in [0.15, 0.2) is 0 Å². The molecule has 3 heterocycles. The highest BCUT2D eigenvalue weighted by atomic mass is 16.5. The molecule has 306 valence electrons. The van der Waals surface area contributed by atoms with Crippen LogP contribution < -0.4 is 14.5 Å². The Bertz CT molecular complexity index is 3400. The molecule has 0 aliphatic carbocycles. The van der Waals surface area contributed by atoms with Crippen molar-refractivity contribution in [2.75, 3.05) is 16.5 Å². The van der Waals surface area contributed by atoms with Crippen LogP contribution in [0.4, 0.5) is 22.7 Å². The Kier molecular flexibility index (Phi) is 7.73. The van der Waals surface area contributed by atoms with Crippen molar-refractivity contribution >= 4 is 44.6 Å². The van der Waals surface area contributed by atoms with Gasteiger partial charge < -0.3 is 14.5 Å². The minimum atomic E-state index is -2.34. The van der Waals surface area contributed by atoms with Crippen LogP contribution in [0, 0.1) is 6.85 Å². The standard InChI is InChI=1S/C57H52N4O/c1-38-30-48(39-18-10-8-11-19-39)55(49(31-38)40-20-12-9-13-21-40)60-37-59(51-24-16-17-25-52(51)60)43-32-42(57(5,6)7)33-45(35-43)62-44-26-27-47-46-22-14-15-23-50(46)61(53(47)36-44)54-34-41(28-29-58-54)56(2,3)4/h8-36H,37H2,1-7H3/i1D3,14D,15D,22D,23D. The predicted molar refractivity (Wildman–Crippen MR) is 260 cm³/mol. The summed E-state index contributed by atoms with van der Waals surface area (Å²) in [5.41, 5.74) is 10.0. The van der Waals surface area contributed by atoms with E-state index >= 15 is 0 Å². The second-order valence-corrected chi connectivity index (χ2v) is 18.1. The molecule has 0 N–H and O–H groups in total. The van der Waals surface area contributed by atoms with Crippen LogP contribution in [0.1, 0.15) is 67.8 Å². The van der Waals surface area contributed by atoms with Gasteiger partial charge in [-0.2, -0.15) is 0 Å². The van der Waals surface area contributed by atoms with Crippen LogP contribution in [0.3, 0.4) is 0 Å². The van der Waals surface area contributed by atoms with Crippen LogP contribution in [0.25, 0.3) is 49.9 Å². The molecule has 2 aromatic heterocycles. The van der Waals surface area contributed by atoms with E-state index in [0.717, 1.165) is 56.1 Å². The summed E-state index contributed by atoms with van der Waals surface area (Å²) in [6, 6.07) is 46.9. The second-order valence-electron chi connectivity index (χ2n) is 18.1. The maximum absolute atomic E-state index is 9.11. The third-order valence-electron chi connectivity index (χ3n) is 11.8. The normalized spacial score (nSPS) is 14.8. The number of rotatable bonds is 7. The van der Waals surface area contributed by atoms with Crippen LogP contribution in [0.15, 0.2) is 176 Å². The number of anilines is 4. The fraction of sp³-hybridized carbons (Fsp3) is 0.175. The second kappa shape index (κ2) is 15.1. The Morgan fingerprint density at radius 1 is 0.581 bits per heavy atom. The van der Waals surface area contributed by atoms with Crippen LogP contribution in [0.5, 0.6) is 11.5 Å². The highest BCUT2D eigenvalue weighted by molar-refractivity contribution is 6.09. The van der Waals surface area contributed by atoms with Gasteiger partial charge in [0.05, 0.1) is 33.6 Å². The molecule has 0 unspecified atom stereocenters. The number of aromatic nitrogens is 2. The molecule has 0 spiro atoms. The summed E-state index contributed by atoms with van der Waals surface area (Å²) < 4.78 is 69.7. The zero-order valence-corrected chi connectivity index (χ0v) is 35.8. The number of aryl methyl sites for hydroxylation is 1. The summed E-state index contributed by atoms with van der Waals surface area (Å²) in [6.07, 6.45) is 1.74. The lowest BCUT2D eigenvalue weighted by Gasteiger charge is -2.28. The summed E-state index contributed by atoms with van der Waals surface area (Å²) in [4.78, 5) is 9.33. The molecular formula is C57H52N4O. The molecule has 5 nitrogen and oxygen atoms in total. The monoisotopic (exact) mass is 815 g/mol. The van der Waals surface area contributed by atoms with E-state index in [4.69, 9.17) is 19.3 Å². The van der Waals surface area contributed by atoms with E-state index in [0.29, 0.717) is 45.8 Å². The summed E-state index contributed by atoms with van der Waals surface area (Å²) in [7, 11) is 0. The Morgan fingerprint density at radius 2 is 1.23 bits per heavy atom. The van der Waals surface area contributed by atoms with Crippen LogP contribution in [0.2, 0.25) is 0 Å². The van der Waals surface area contributed by atoms with E-state index in [1.165, 1.54) is 0 Å². The van der Waals surface area contributed by atoms with Crippen molar-refractivity contribution in [3.05, 3.63) is 193 Å². The molecule has 0 bridgehead atoms. The minimum absolute atomic E-state index is 0.113. The van der Waals surface area contributed by atoms with E-state index in [-0.39, 0.29) is 40.6 Å². The van der Waals surface area contributed by atoms with Crippen molar-refractivity contribution in [2.45, 2.75) is 59.2 Å². The maximum Gasteiger partial charge on any atom is 0.137 e. The van der Waals surface area contributed by atoms with Gasteiger partial charge in [0.2, 0.25) is 0 Å². The molecule has 62 heavy (non-hydrogen) atoms. The first kappa shape index (κ1) is 31.7. The maximum atomic E-state index is 9.11. The molecule has 9 aromatic rings. The predicted octanol–water partition coefficient (Wildman–Crippen LogP) is 15.5. The third-order valence-corrected chi connectivity index (χ3v) is 11.8. The molecule has 0 atom stereocenters. The lowest BCUT2D eigenvalue weighted by molar-refractivity contribution is 0.479. The number of hydrogen-bond acceptors (Lipinski definition) is 4. The van der Waals surface area contributed by atoms with Crippen LogP contribution >= 0.6 is 0 Å². The SMILES string of the molecule is [2H]c1c([2H])c([2H])c2c(c1[2H])c1ccc(Oc3cc(N4CN(c5c(-c6ccccc6)cc(C([2H])([2H])[2H])cc5-c5ccccc5)c5ccccc54)cc(C(C)(C)C)c3)cc1n2-c1cc(C(C)(C)C)ccn1. The van der Waals surface area contributed by atoms with Crippen molar-refractivity contribution in [2.24, 2.45) is 0 Å². The molecular weight excluding hydrogens is 757 g/mol. The van der Waals surface area contributed by atoms with Gasteiger partial charge in [-0.05, 0) is 112 Å². The summed E-state index contributed by atoms with van der Waals surface area (Å²) in [6.45, 7) is 11.0. The van der Waals surface area contributed by atoms with E-state index in [9.17, 15) is 0 Å². The van der Waals surface area contributed by atoms with Gasteiger partial charge in [-0.25, -0.2) is 4.98 Å². The van der Waals surface area contributed by atoms with Crippen molar-refractivity contribution in [1.82, 2.24) is 9.55 Å². The van der Waals surface area contributed by atoms with Crippen molar-refractivity contribution in [1.29, 1.82) is 0 Å². The van der Waals surface area contributed by atoms with Crippen molar-refractivity contribution < 1.29 is 14.3 Å². The lowest BCUT2D eigenvalue weighted by atomic mass is 9.86. The Hall–Kier alpha value is -7.11. The van der Waals surface area contributed by atoms with Gasteiger partial charge in [0, 0.05) is 50.0 Å². The van der Waals surface area contributed by atoms with Gasteiger partial charge in [0.1, 0.15) is 24.0 Å². The first-order valence-corrected chi connectivity index (χ1v) is 21.1. The Balaban J connectivity index is 1.13. The van der Waals surface area contributed by atoms with Crippen LogP contribution in [-0.4, -0.2) is 16.2 Å². The molecule has 1 aliphatic rings. The van der Waals surface area contributed by atoms with Crippen LogP contribution in [-0.2, 0) is 10.8 Å². The zero-order valence-electron chi connectivity index (χ0n) is 42.8. The van der Waals surface area contributed by atoms with Crippen molar-refractivity contribution in [3.8, 4) is 39.6 Å². The van der Waals surface area contributed by atoms with Gasteiger partial charge in [-0.15, -0.1) is 0 Å². The molecule has 5 heteroatoms. The molecule has 0 fully saturated rings. The number of nitrogens with zero attached hydrogens (tertiary/aromatic N) is 4. The molecule has 0 amide bonds. The first-order valence-electron chi connectivity index (χ1n) is 24.6. The van der Waals surface area contributed by atoms with Gasteiger partial charge in [-0.1, -0.05) is 132 Å². The fourth-order valence-corrected chi connectivity index (χ4v) is 8.60. The van der Waals surface area contributed by atoms with Gasteiger partial charge in [0.25, 0.3) is 0 Å². The summed E-state index contributed by atoms with van der Waals surface area (Å²) >= 11 is 0. The Morgan fingerprint density at radius 3 is 1.89 bits per heavy atom. The molecule has 0 saturated carbocycles. The summed E-state index contributed by atoms with van der Waals surface area (Å²) in [5.74, 6) is 1.66. The smallest absolute Gasteiger partial charge is 0.137 e. The molecule has 7 aromatic carbocycles. The highest BCUT2D eigenvalue weighted by Gasteiger charge is 2.32. The average Bonchev–Trinajstić information content (AvgIpc) is 3.88. The number of pyridine rings is 1. The molecule has 0 radical (unpaired) electrons. The van der Waals surface area contributed by atoms with E-state index < -0.39 is 6.85 Å². The number of fused-ring (bicyclic) bond motifs is 4. The lowest BCUT2D eigenvalue weighted by Crippen LogP contribution is -2.25. The molecule has 1 aliphatic heterocycles. The van der Waals surface area contributed by atoms with Crippen molar-refractivity contribution in [3.63, 3.8) is 0 Å². The largest absolute Gasteiger partial charge is 0.457 e. The topological polar surface area (TPSA) is 33.5 Å². The number of hydrogen-bond donors (Lipinski definition) is 0. The number of ether oxygens (including phenoxy) is 1. The highest BCUT2D eigenvalue weighted by Crippen LogP contribution is 2.51. The van der Waals surface area contributed by atoms with E-state index in [2.05, 4.69) is 75.6 Å². The van der Waals surface area contributed by atoms with Gasteiger partial charge in [-0.3, -0.25) is 4.57 Å². The Labute approximate surface area is 375 Å². The van der Waals surface area contributed by atoms with Gasteiger partial charge >= 0.3 is 0 Å². The molecule has 0 saturated heterocycles. The third kappa shape index (κ3) is 7.07. The van der Waals surface area contributed by atoms with E-state index in [1.807, 2.05) is 126 Å².